The number of hydrogen-bond acceptors (Lipinski definition) is 5. The molecule has 1 aromatic heterocycles. The molecule has 2 rings (SSSR count). The molecule has 0 saturated heterocycles. The van der Waals surface area contributed by atoms with Gasteiger partial charge in [0.25, 0.3) is 10.0 Å². The van der Waals surface area contributed by atoms with E-state index in [1.54, 1.807) is 29.6 Å². The summed E-state index contributed by atoms with van der Waals surface area (Å²) in [7, 11) is -2.26. The number of thiophene rings is 1. The average molecular weight is 297 g/mol. The van der Waals surface area contributed by atoms with E-state index in [9.17, 15) is 13.2 Å². The first-order valence-corrected chi connectivity index (χ1v) is 7.62. The summed E-state index contributed by atoms with van der Waals surface area (Å²) in [5, 5.41) is 1.56. The van der Waals surface area contributed by atoms with Gasteiger partial charge in [0.2, 0.25) is 0 Å². The van der Waals surface area contributed by atoms with Crippen LogP contribution >= 0.6 is 11.3 Å². The van der Waals surface area contributed by atoms with E-state index in [1.807, 2.05) is 0 Å². The average Bonchev–Trinajstić information content (AvgIpc) is 2.87. The van der Waals surface area contributed by atoms with Crippen LogP contribution in [0.25, 0.3) is 0 Å². The fourth-order valence-corrected chi connectivity index (χ4v) is 3.84. The van der Waals surface area contributed by atoms with Crippen molar-refractivity contribution in [3.05, 3.63) is 41.3 Å². The second kappa shape index (κ2) is 5.41. The Hall–Kier alpha value is -1.86. The van der Waals surface area contributed by atoms with Crippen LogP contribution < -0.4 is 9.46 Å². The molecule has 7 heteroatoms. The number of anilines is 1. The summed E-state index contributed by atoms with van der Waals surface area (Å²) in [5.41, 5.74) is 0.532. The van der Waals surface area contributed by atoms with Crippen LogP contribution in [0, 0.1) is 0 Å². The molecular weight excluding hydrogens is 286 g/mol. The Kier molecular flexibility index (Phi) is 3.87. The Morgan fingerprint density at radius 2 is 2.11 bits per heavy atom. The molecule has 0 amide bonds. The maximum Gasteiger partial charge on any atom is 0.272 e. The lowest BCUT2D eigenvalue weighted by molar-refractivity contribution is 0.112. The van der Waals surface area contributed by atoms with Crippen molar-refractivity contribution in [3.63, 3.8) is 0 Å². The summed E-state index contributed by atoms with van der Waals surface area (Å²) in [6.45, 7) is 0. The van der Waals surface area contributed by atoms with E-state index in [-0.39, 0.29) is 9.77 Å². The van der Waals surface area contributed by atoms with Crippen LogP contribution in [0.15, 0.2) is 39.9 Å². The number of carbonyl (C=O) groups is 1. The van der Waals surface area contributed by atoms with E-state index in [1.165, 1.54) is 13.2 Å². The van der Waals surface area contributed by atoms with E-state index >= 15 is 0 Å². The summed E-state index contributed by atoms with van der Waals surface area (Å²) >= 11 is 0.997. The first-order chi connectivity index (χ1) is 9.06. The molecule has 0 bridgehead atoms. The lowest BCUT2D eigenvalue weighted by Gasteiger charge is -2.08. The fraction of sp³-hybridized carbons (Fsp3) is 0.0833. The van der Waals surface area contributed by atoms with Crippen molar-refractivity contribution in [1.29, 1.82) is 0 Å². The molecular formula is C12H11NO4S2. The number of sulfonamides is 1. The molecule has 0 aliphatic heterocycles. The molecule has 1 aromatic carbocycles. The van der Waals surface area contributed by atoms with E-state index in [4.69, 9.17) is 4.74 Å². The van der Waals surface area contributed by atoms with Crippen LogP contribution in [-0.2, 0) is 10.0 Å². The maximum atomic E-state index is 12.1. The van der Waals surface area contributed by atoms with Gasteiger partial charge in [0.1, 0.15) is 5.75 Å². The Bertz CT molecular complexity index is 691. The van der Waals surface area contributed by atoms with Crippen molar-refractivity contribution >= 4 is 33.3 Å². The number of carbonyl (C=O) groups excluding carboxylic acids is 1. The van der Waals surface area contributed by atoms with Gasteiger partial charge in [-0.1, -0.05) is 6.07 Å². The molecule has 19 heavy (non-hydrogen) atoms. The Morgan fingerprint density at radius 3 is 2.79 bits per heavy atom. The SMILES string of the molecule is COc1cccc(NS(=O)(=O)c2sccc2C=O)c1. The third-order valence-electron chi connectivity index (χ3n) is 2.35. The molecule has 1 heterocycles. The van der Waals surface area contributed by atoms with E-state index in [2.05, 4.69) is 4.72 Å². The molecule has 2 aromatic rings. The van der Waals surface area contributed by atoms with Crippen LogP contribution in [0.1, 0.15) is 10.4 Å². The smallest absolute Gasteiger partial charge is 0.272 e. The van der Waals surface area contributed by atoms with Crippen molar-refractivity contribution in [3.8, 4) is 5.75 Å². The zero-order chi connectivity index (χ0) is 13.9. The first-order valence-electron chi connectivity index (χ1n) is 5.26. The number of rotatable bonds is 5. The van der Waals surface area contributed by atoms with Crippen molar-refractivity contribution in [2.75, 3.05) is 11.8 Å². The van der Waals surface area contributed by atoms with Crippen molar-refractivity contribution in [1.82, 2.24) is 0 Å². The molecule has 0 aliphatic rings. The minimum absolute atomic E-state index is 0.00493. The minimum Gasteiger partial charge on any atom is -0.497 e. The highest BCUT2D eigenvalue weighted by molar-refractivity contribution is 7.94. The van der Waals surface area contributed by atoms with Gasteiger partial charge in [0, 0.05) is 11.6 Å². The molecule has 100 valence electrons. The van der Waals surface area contributed by atoms with E-state index < -0.39 is 10.0 Å². The van der Waals surface area contributed by atoms with Gasteiger partial charge in [-0.2, -0.15) is 0 Å². The van der Waals surface area contributed by atoms with Gasteiger partial charge in [-0.3, -0.25) is 9.52 Å². The number of hydrogen-bond donors (Lipinski definition) is 1. The first kappa shape index (κ1) is 13.6. The van der Waals surface area contributed by atoms with Gasteiger partial charge < -0.3 is 4.74 Å². The van der Waals surface area contributed by atoms with E-state index in [0.717, 1.165) is 11.3 Å². The van der Waals surface area contributed by atoms with Crippen LogP contribution in [0.5, 0.6) is 5.75 Å². The third-order valence-corrected chi connectivity index (χ3v) is 5.25. The second-order valence-corrected chi connectivity index (χ2v) is 6.41. The number of benzene rings is 1. The molecule has 0 fully saturated rings. The predicted octanol–water partition coefficient (Wildman–Crippen LogP) is 2.37. The quantitative estimate of drug-likeness (QED) is 0.860. The second-order valence-electron chi connectivity index (χ2n) is 3.62. The van der Waals surface area contributed by atoms with Gasteiger partial charge in [-0.05, 0) is 23.6 Å². The molecule has 0 atom stereocenters. The van der Waals surface area contributed by atoms with Crippen molar-refractivity contribution in [2.45, 2.75) is 4.21 Å². The molecule has 0 unspecified atom stereocenters. The zero-order valence-electron chi connectivity index (χ0n) is 9.99. The summed E-state index contributed by atoms with van der Waals surface area (Å²) in [5.74, 6) is 0.544. The van der Waals surface area contributed by atoms with Crippen LogP contribution in [0.2, 0.25) is 0 Å². The molecule has 0 spiro atoms. The summed E-state index contributed by atoms with van der Waals surface area (Å²) < 4.78 is 31.7. The lowest BCUT2D eigenvalue weighted by Crippen LogP contribution is -2.13. The maximum absolute atomic E-state index is 12.1. The highest BCUT2D eigenvalue weighted by atomic mass is 32.2. The molecule has 0 saturated carbocycles. The fourth-order valence-electron chi connectivity index (χ4n) is 1.50. The van der Waals surface area contributed by atoms with Gasteiger partial charge in [0.05, 0.1) is 12.8 Å². The molecule has 0 radical (unpaired) electrons. The van der Waals surface area contributed by atoms with Crippen LogP contribution in [0.4, 0.5) is 5.69 Å². The Labute approximate surface area is 114 Å². The highest BCUT2D eigenvalue weighted by Gasteiger charge is 2.20. The summed E-state index contributed by atoms with van der Waals surface area (Å²) in [6, 6.07) is 8.02. The Balaban J connectivity index is 2.33. The standard InChI is InChI=1S/C12H11NO4S2/c1-17-11-4-2-3-10(7-11)13-19(15,16)12-9(8-14)5-6-18-12/h2-8,13H,1H3. The normalized spacial score (nSPS) is 11.0. The van der Waals surface area contributed by atoms with Crippen molar-refractivity contribution in [2.24, 2.45) is 0 Å². The highest BCUT2D eigenvalue weighted by Crippen LogP contribution is 2.25. The Morgan fingerprint density at radius 1 is 1.32 bits per heavy atom. The van der Waals surface area contributed by atoms with Gasteiger partial charge in [-0.15, -0.1) is 11.3 Å². The molecule has 5 nitrogen and oxygen atoms in total. The topological polar surface area (TPSA) is 72.5 Å². The number of aldehydes is 1. The number of nitrogens with one attached hydrogen (secondary N) is 1. The summed E-state index contributed by atoms with van der Waals surface area (Å²) in [4.78, 5) is 10.8. The van der Waals surface area contributed by atoms with Gasteiger partial charge >= 0.3 is 0 Å². The van der Waals surface area contributed by atoms with Gasteiger partial charge in [-0.25, -0.2) is 8.42 Å². The van der Waals surface area contributed by atoms with Crippen LogP contribution in [-0.4, -0.2) is 21.8 Å². The largest absolute Gasteiger partial charge is 0.497 e. The third kappa shape index (κ3) is 2.94. The predicted molar refractivity (Wildman–Crippen MR) is 73.5 cm³/mol. The van der Waals surface area contributed by atoms with Crippen LogP contribution in [0.3, 0.4) is 0 Å². The number of methoxy groups -OCH3 is 1. The van der Waals surface area contributed by atoms with Gasteiger partial charge in [0.15, 0.2) is 10.5 Å². The molecule has 0 aliphatic carbocycles. The minimum atomic E-state index is -3.76. The number of ether oxygens (including phenoxy) is 1. The van der Waals surface area contributed by atoms with Crippen molar-refractivity contribution < 1.29 is 17.9 Å². The summed E-state index contributed by atoms with van der Waals surface area (Å²) in [6.07, 6.45) is 0.524. The van der Waals surface area contributed by atoms with E-state index in [0.29, 0.717) is 17.7 Å². The zero-order valence-corrected chi connectivity index (χ0v) is 11.6. The lowest BCUT2D eigenvalue weighted by atomic mass is 10.3. The molecule has 1 N–H and O–H groups in total. The monoisotopic (exact) mass is 297 g/mol.